The van der Waals surface area contributed by atoms with Crippen molar-refractivity contribution >= 4 is 34.8 Å². The molecule has 96 valence electrons. The van der Waals surface area contributed by atoms with Gasteiger partial charge < -0.3 is 0 Å². The van der Waals surface area contributed by atoms with Gasteiger partial charge in [-0.2, -0.15) is 5.26 Å². The van der Waals surface area contributed by atoms with Crippen molar-refractivity contribution in [1.82, 2.24) is 4.98 Å². The van der Waals surface area contributed by atoms with Crippen LogP contribution in [0.4, 0.5) is 4.39 Å². The van der Waals surface area contributed by atoms with E-state index in [0.29, 0.717) is 26.3 Å². The molecule has 1 aromatic carbocycles. The molecule has 19 heavy (non-hydrogen) atoms. The largest absolute Gasteiger partial charge is 0.253 e. The average molecular weight is 316 g/mol. The van der Waals surface area contributed by atoms with E-state index in [0.717, 1.165) is 6.20 Å². The van der Waals surface area contributed by atoms with E-state index in [1.54, 1.807) is 6.07 Å². The van der Waals surface area contributed by atoms with E-state index < -0.39 is 5.82 Å². The standard InChI is InChI=1S/C13H6Cl3FN2/c14-9-5-11(16)10(15)4-8(9)13-3-7(1-2-18)12(17)6-19-13/h3-6H,1H2. The van der Waals surface area contributed by atoms with Crippen LogP contribution in [0.2, 0.25) is 15.1 Å². The molecule has 0 atom stereocenters. The fourth-order valence-corrected chi connectivity index (χ4v) is 2.21. The number of rotatable bonds is 2. The first-order valence-electron chi connectivity index (χ1n) is 5.19. The highest BCUT2D eigenvalue weighted by Crippen LogP contribution is 2.34. The highest BCUT2D eigenvalue weighted by Gasteiger charge is 2.12. The summed E-state index contributed by atoms with van der Waals surface area (Å²) in [7, 11) is 0. The predicted octanol–water partition coefficient (Wildman–Crippen LogP) is 4.91. The van der Waals surface area contributed by atoms with Crippen molar-refractivity contribution in [2.75, 3.05) is 0 Å². The maximum Gasteiger partial charge on any atom is 0.145 e. The first-order chi connectivity index (χ1) is 9.02. The third kappa shape index (κ3) is 2.98. The molecule has 0 saturated carbocycles. The Bertz CT molecular complexity index is 680. The van der Waals surface area contributed by atoms with Crippen LogP contribution >= 0.6 is 34.8 Å². The minimum Gasteiger partial charge on any atom is -0.253 e. The second-order valence-corrected chi connectivity index (χ2v) is 4.96. The quantitative estimate of drug-likeness (QED) is 0.738. The van der Waals surface area contributed by atoms with Gasteiger partial charge >= 0.3 is 0 Å². The van der Waals surface area contributed by atoms with Crippen molar-refractivity contribution in [3.63, 3.8) is 0 Å². The molecule has 0 aliphatic carbocycles. The lowest BCUT2D eigenvalue weighted by molar-refractivity contribution is 0.609. The Morgan fingerprint density at radius 2 is 1.79 bits per heavy atom. The maximum absolute atomic E-state index is 13.4. The second kappa shape index (κ2) is 5.75. The number of hydrogen-bond donors (Lipinski definition) is 0. The molecule has 0 aliphatic rings. The van der Waals surface area contributed by atoms with Crippen molar-refractivity contribution in [1.29, 1.82) is 5.26 Å². The molecule has 6 heteroatoms. The third-order valence-electron chi connectivity index (χ3n) is 2.49. The van der Waals surface area contributed by atoms with Crippen LogP contribution in [0.1, 0.15) is 5.56 Å². The Labute approximate surface area is 124 Å². The SMILES string of the molecule is N#CCc1cc(-c2cc(Cl)c(Cl)cc2Cl)ncc1F. The maximum atomic E-state index is 13.4. The van der Waals surface area contributed by atoms with E-state index in [4.69, 9.17) is 40.1 Å². The number of aromatic nitrogens is 1. The summed E-state index contributed by atoms with van der Waals surface area (Å²) in [6, 6.07) is 6.42. The molecule has 0 N–H and O–H groups in total. The number of nitriles is 1. The minimum atomic E-state index is -0.526. The number of nitrogens with zero attached hydrogens (tertiary/aromatic N) is 2. The fourth-order valence-electron chi connectivity index (χ4n) is 1.57. The average Bonchev–Trinajstić information content (AvgIpc) is 2.37. The van der Waals surface area contributed by atoms with Gasteiger partial charge in [0, 0.05) is 11.1 Å². The van der Waals surface area contributed by atoms with Crippen molar-refractivity contribution < 1.29 is 4.39 Å². The van der Waals surface area contributed by atoms with Gasteiger partial charge in [0.25, 0.3) is 0 Å². The van der Waals surface area contributed by atoms with Gasteiger partial charge in [-0.3, -0.25) is 4.98 Å². The molecule has 0 saturated heterocycles. The van der Waals surface area contributed by atoms with Crippen LogP contribution in [0.15, 0.2) is 24.4 Å². The summed E-state index contributed by atoms with van der Waals surface area (Å²) in [6.07, 6.45) is 1.02. The molecule has 0 amide bonds. The molecule has 0 bridgehead atoms. The van der Waals surface area contributed by atoms with E-state index in [1.165, 1.54) is 12.1 Å². The van der Waals surface area contributed by atoms with Gasteiger partial charge in [-0.05, 0) is 18.2 Å². The van der Waals surface area contributed by atoms with Gasteiger partial charge in [0.1, 0.15) is 5.82 Å². The lowest BCUT2D eigenvalue weighted by Crippen LogP contribution is -1.94. The molecule has 0 unspecified atom stereocenters. The van der Waals surface area contributed by atoms with Crippen molar-refractivity contribution in [2.45, 2.75) is 6.42 Å². The summed E-state index contributed by atoms with van der Waals surface area (Å²) >= 11 is 17.8. The zero-order chi connectivity index (χ0) is 14.0. The van der Waals surface area contributed by atoms with E-state index in [1.807, 2.05) is 6.07 Å². The summed E-state index contributed by atoms with van der Waals surface area (Å²) in [5.41, 5.74) is 1.24. The Kier molecular flexibility index (Phi) is 4.26. The monoisotopic (exact) mass is 314 g/mol. The van der Waals surface area contributed by atoms with E-state index in [2.05, 4.69) is 4.98 Å². The van der Waals surface area contributed by atoms with Gasteiger partial charge in [-0.15, -0.1) is 0 Å². The Morgan fingerprint density at radius 1 is 1.11 bits per heavy atom. The van der Waals surface area contributed by atoms with Gasteiger partial charge in [-0.25, -0.2) is 4.39 Å². The summed E-state index contributed by atoms with van der Waals surface area (Å²) in [5.74, 6) is -0.526. The number of benzene rings is 1. The van der Waals surface area contributed by atoms with Crippen LogP contribution in [0.25, 0.3) is 11.3 Å². The lowest BCUT2D eigenvalue weighted by Gasteiger charge is -2.07. The zero-order valence-corrected chi connectivity index (χ0v) is 11.7. The molecule has 0 fully saturated rings. The molecule has 2 rings (SSSR count). The first kappa shape index (κ1) is 14.1. The Morgan fingerprint density at radius 3 is 2.47 bits per heavy atom. The highest BCUT2D eigenvalue weighted by molar-refractivity contribution is 6.44. The fraction of sp³-hybridized carbons (Fsp3) is 0.0769. The number of pyridine rings is 1. The van der Waals surface area contributed by atoms with Crippen LogP contribution in [0, 0.1) is 17.1 Å². The van der Waals surface area contributed by atoms with Crippen LogP contribution in [0.3, 0.4) is 0 Å². The van der Waals surface area contributed by atoms with Gasteiger partial charge in [0.15, 0.2) is 0 Å². The Balaban J connectivity index is 2.57. The number of hydrogen-bond acceptors (Lipinski definition) is 2. The summed E-state index contributed by atoms with van der Waals surface area (Å²) < 4.78 is 13.4. The zero-order valence-electron chi connectivity index (χ0n) is 9.42. The summed E-state index contributed by atoms with van der Waals surface area (Å²) in [4.78, 5) is 3.95. The van der Waals surface area contributed by atoms with Crippen molar-refractivity contribution in [2.24, 2.45) is 0 Å². The highest BCUT2D eigenvalue weighted by atomic mass is 35.5. The molecule has 1 aromatic heterocycles. The van der Waals surface area contributed by atoms with Crippen LogP contribution in [0.5, 0.6) is 0 Å². The first-order valence-corrected chi connectivity index (χ1v) is 6.32. The molecule has 0 spiro atoms. The third-order valence-corrected chi connectivity index (χ3v) is 3.52. The predicted molar refractivity (Wildman–Crippen MR) is 74.0 cm³/mol. The molecule has 2 aromatic rings. The smallest absolute Gasteiger partial charge is 0.145 e. The van der Waals surface area contributed by atoms with Crippen LogP contribution in [-0.2, 0) is 6.42 Å². The Hall–Kier alpha value is -1.34. The minimum absolute atomic E-state index is 0.0414. The van der Waals surface area contributed by atoms with Gasteiger partial charge in [0.05, 0.1) is 39.4 Å². The van der Waals surface area contributed by atoms with E-state index >= 15 is 0 Å². The second-order valence-electron chi connectivity index (χ2n) is 3.74. The van der Waals surface area contributed by atoms with E-state index in [-0.39, 0.29) is 12.0 Å². The number of halogens is 4. The molecule has 0 aliphatic heterocycles. The van der Waals surface area contributed by atoms with E-state index in [9.17, 15) is 4.39 Å². The van der Waals surface area contributed by atoms with Crippen molar-refractivity contribution in [3.8, 4) is 17.3 Å². The molecule has 2 nitrogen and oxygen atoms in total. The molecule has 0 radical (unpaired) electrons. The van der Waals surface area contributed by atoms with Gasteiger partial charge in [-0.1, -0.05) is 34.8 Å². The summed E-state index contributed by atoms with van der Waals surface area (Å²) in [6.45, 7) is 0. The summed E-state index contributed by atoms with van der Waals surface area (Å²) in [5, 5.41) is 9.65. The molecule has 1 heterocycles. The van der Waals surface area contributed by atoms with Crippen LogP contribution in [-0.4, -0.2) is 4.98 Å². The normalized spacial score (nSPS) is 10.3. The van der Waals surface area contributed by atoms with Crippen molar-refractivity contribution in [3.05, 3.63) is 50.8 Å². The molecular formula is C13H6Cl3FN2. The van der Waals surface area contributed by atoms with Crippen LogP contribution < -0.4 is 0 Å². The van der Waals surface area contributed by atoms with Gasteiger partial charge in [0.2, 0.25) is 0 Å². The molecular weight excluding hydrogens is 310 g/mol. The lowest BCUT2D eigenvalue weighted by atomic mass is 10.1. The topological polar surface area (TPSA) is 36.7 Å².